The molecule has 3 aliphatic rings. The third kappa shape index (κ3) is 3.91. The fourth-order valence-electron chi connectivity index (χ4n) is 6.34. The van der Waals surface area contributed by atoms with Crippen molar-refractivity contribution in [3.05, 3.63) is 30.3 Å². The number of halogens is 1. The predicted molar refractivity (Wildman–Crippen MR) is 118 cm³/mol. The molecule has 2 heterocycles. The van der Waals surface area contributed by atoms with Gasteiger partial charge in [0.05, 0.1) is 6.67 Å². The fraction of sp³-hybridized carbons (Fsp3) is 0.696. The Morgan fingerprint density at radius 2 is 1.54 bits per heavy atom. The number of benzene rings is 1. The summed E-state index contributed by atoms with van der Waals surface area (Å²) in [6, 6.07) is 11.1. The van der Waals surface area contributed by atoms with E-state index in [0.717, 1.165) is 31.6 Å². The molecule has 2 saturated heterocycles. The van der Waals surface area contributed by atoms with Gasteiger partial charge in [0.25, 0.3) is 0 Å². The number of hydrogen-bond acceptors (Lipinski definition) is 3. The van der Waals surface area contributed by atoms with Gasteiger partial charge >= 0.3 is 0 Å². The predicted octanol–water partition coefficient (Wildman–Crippen LogP) is 4.44. The topological polar surface area (TPSA) is 35.6 Å². The molecule has 1 aliphatic carbocycles. The Morgan fingerprint density at radius 3 is 2.11 bits per heavy atom. The number of piperidine rings is 1. The van der Waals surface area contributed by atoms with E-state index >= 15 is 0 Å². The standard InChI is InChI=1S/C23H35N3O.ClH/c1-21(2)14-19(15-22(3,4)16-21)25-12-10-23(11-13-25)20(27)24-17-26(23)18-8-6-5-7-9-18;/h5-9,19H,10-17H2,1-4H3,(H,24,27);1H. The third-order valence-electron chi connectivity index (χ3n) is 7.08. The molecule has 1 spiro atoms. The van der Waals surface area contributed by atoms with Gasteiger partial charge in [0.15, 0.2) is 0 Å². The lowest BCUT2D eigenvalue weighted by Crippen LogP contribution is -2.59. The van der Waals surface area contributed by atoms with Crippen LogP contribution in [0, 0.1) is 10.8 Å². The lowest BCUT2D eigenvalue weighted by Gasteiger charge is -2.51. The number of amides is 1. The molecule has 3 fully saturated rings. The highest BCUT2D eigenvalue weighted by Gasteiger charge is 2.51. The minimum absolute atomic E-state index is 0. The SMILES string of the molecule is CC1(C)CC(N2CCC3(CC2)C(=O)NCN3c2ccccc2)CC(C)(C)C1.Cl. The number of carbonyl (C=O) groups excluding carboxylic acids is 1. The highest BCUT2D eigenvalue weighted by Crippen LogP contribution is 2.48. The van der Waals surface area contributed by atoms with Gasteiger partial charge < -0.3 is 15.1 Å². The maximum absolute atomic E-state index is 12.9. The zero-order valence-electron chi connectivity index (χ0n) is 17.8. The summed E-state index contributed by atoms with van der Waals surface area (Å²) in [4.78, 5) is 17.8. The van der Waals surface area contributed by atoms with Gasteiger partial charge in [-0.1, -0.05) is 45.9 Å². The molecule has 1 N–H and O–H groups in total. The van der Waals surface area contributed by atoms with Crippen molar-refractivity contribution in [2.75, 3.05) is 24.7 Å². The van der Waals surface area contributed by atoms with Crippen LogP contribution in [0.4, 0.5) is 5.69 Å². The molecule has 1 aromatic carbocycles. The van der Waals surface area contributed by atoms with Crippen LogP contribution in [-0.2, 0) is 4.79 Å². The number of anilines is 1. The van der Waals surface area contributed by atoms with E-state index in [1.54, 1.807) is 0 Å². The molecule has 0 radical (unpaired) electrons. The van der Waals surface area contributed by atoms with Gasteiger partial charge in [-0.15, -0.1) is 12.4 Å². The summed E-state index contributed by atoms with van der Waals surface area (Å²) in [7, 11) is 0. The second-order valence-corrected chi connectivity index (χ2v) is 10.6. The molecular weight excluding hydrogens is 370 g/mol. The van der Waals surface area contributed by atoms with E-state index in [4.69, 9.17) is 0 Å². The molecule has 0 aromatic heterocycles. The summed E-state index contributed by atoms with van der Waals surface area (Å²) in [5, 5.41) is 3.12. The zero-order chi connectivity index (χ0) is 19.3. The third-order valence-corrected chi connectivity index (χ3v) is 7.08. The molecule has 1 saturated carbocycles. The van der Waals surface area contributed by atoms with Crippen LogP contribution in [0.1, 0.15) is 59.8 Å². The van der Waals surface area contributed by atoms with Crippen LogP contribution < -0.4 is 10.2 Å². The minimum Gasteiger partial charge on any atom is -0.339 e. The molecule has 28 heavy (non-hydrogen) atoms. The average molecular weight is 406 g/mol. The highest BCUT2D eigenvalue weighted by molar-refractivity contribution is 5.93. The smallest absolute Gasteiger partial charge is 0.247 e. The number of carbonyl (C=O) groups is 1. The van der Waals surface area contributed by atoms with E-state index in [1.165, 1.54) is 19.3 Å². The second-order valence-electron chi connectivity index (χ2n) is 10.6. The Labute approximate surface area is 176 Å². The van der Waals surface area contributed by atoms with Gasteiger partial charge in [0, 0.05) is 24.8 Å². The van der Waals surface area contributed by atoms with E-state index in [1.807, 2.05) is 6.07 Å². The molecule has 1 amide bonds. The summed E-state index contributed by atoms with van der Waals surface area (Å²) in [5.41, 5.74) is 1.60. The summed E-state index contributed by atoms with van der Waals surface area (Å²) in [6.45, 7) is 12.4. The van der Waals surface area contributed by atoms with Crippen LogP contribution in [0.5, 0.6) is 0 Å². The quantitative estimate of drug-likeness (QED) is 0.789. The first-order valence-electron chi connectivity index (χ1n) is 10.6. The molecule has 4 nitrogen and oxygen atoms in total. The summed E-state index contributed by atoms with van der Waals surface area (Å²) >= 11 is 0. The maximum atomic E-state index is 12.9. The van der Waals surface area contributed by atoms with Crippen LogP contribution in [0.3, 0.4) is 0 Å². The first-order valence-corrected chi connectivity index (χ1v) is 10.6. The van der Waals surface area contributed by atoms with E-state index in [9.17, 15) is 4.79 Å². The van der Waals surface area contributed by atoms with Crippen molar-refractivity contribution in [2.24, 2.45) is 10.8 Å². The van der Waals surface area contributed by atoms with Crippen molar-refractivity contribution in [1.82, 2.24) is 10.2 Å². The maximum Gasteiger partial charge on any atom is 0.247 e. The minimum atomic E-state index is -0.364. The molecule has 1 aromatic rings. The lowest BCUT2D eigenvalue weighted by atomic mass is 9.63. The van der Waals surface area contributed by atoms with Crippen LogP contribution in [0.15, 0.2) is 30.3 Å². The largest absolute Gasteiger partial charge is 0.339 e. The normalized spacial score (nSPS) is 26.7. The summed E-state index contributed by atoms with van der Waals surface area (Å²) < 4.78 is 0. The van der Waals surface area contributed by atoms with Crippen LogP contribution >= 0.6 is 12.4 Å². The van der Waals surface area contributed by atoms with E-state index in [-0.39, 0.29) is 23.9 Å². The van der Waals surface area contributed by atoms with Crippen molar-refractivity contribution in [2.45, 2.75) is 71.4 Å². The Morgan fingerprint density at radius 1 is 0.964 bits per heavy atom. The molecule has 4 rings (SSSR count). The molecule has 0 bridgehead atoms. The van der Waals surface area contributed by atoms with Crippen molar-refractivity contribution in [3.8, 4) is 0 Å². The zero-order valence-corrected chi connectivity index (χ0v) is 18.6. The van der Waals surface area contributed by atoms with Crippen LogP contribution in [0.2, 0.25) is 0 Å². The van der Waals surface area contributed by atoms with Gasteiger partial charge in [-0.2, -0.15) is 0 Å². The number of nitrogens with one attached hydrogen (secondary N) is 1. The Hall–Kier alpha value is -1.26. The van der Waals surface area contributed by atoms with Crippen LogP contribution in [-0.4, -0.2) is 42.1 Å². The number of hydrogen-bond donors (Lipinski definition) is 1. The van der Waals surface area contributed by atoms with Crippen molar-refractivity contribution in [1.29, 1.82) is 0 Å². The van der Waals surface area contributed by atoms with Gasteiger partial charge in [-0.05, 0) is 55.1 Å². The first-order chi connectivity index (χ1) is 12.7. The van der Waals surface area contributed by atoms with Crippen LogP contribution in [0.25, 0.3) is 0 Å². The van der Waals surface area contributed by atoms with Crippen molar-refractivity contribution >= 4 is 24.0 Å². The molecule has 0 atom stereocenters. The lowest BCUT2D eigenvalue weighted by molar-refractivity contribution is -0.125. The average Bonchev–Trinajstić information content (AvgIpc) is 2.90. The molecular formula is C23H36ClN3O. The van der Waals surface area contributed by atoms with Gasteiger partial charge in [0.2, 0.25) is 5.91 Å². The molecule has 5 heteroatoms. The van der Waals surface area contributed by atoms with Gasteiger partial charge in [-0.3, -0.25) is 4.79 Å². The molecule has 2 aliphatic heterocycles. The van der Waals surface area contributed by atoms with Gasteiger partial charge in [0.1, 0.15) is 5.54 Å². The second kappa shape index (κ2) is 7.53. The number of likely N-dealkylation sites (tertiary alicyclic amines) is 1. The Kier molecular flexibility index (Phi) is 5.77. The first kappa shape index (κ1) is 21.4. The number of nitrogens with zero attached hydrogens (tertiary/aromatic N) is 2. The Bertz CT molecular complexity index is 679. The van der Waals surface area contributed by atoms with Crippen molar-refractivity contribution < 1.29 is 4.79 Å². The van der Waals surface area contributed by atoms with Crippen molar-refractivity contribution in [3.63, 3.8) is 0 Å². The Balaban J connectivity index is 0.00000225. The van der Waals surface area contributed by atoms with E-state index in [0.29, 0.717) is 23.5 Å². The van der Waals surface area contributed by atoms with E-state index < -0.39 is 0 Å². The highest BCUT2D eigenvalue weighted by atomic mass is 35.5. The summed E-state index contributed by atoms with van der Waals surface area (Å²) in [6.07, 6.45) is 5.70. The number of para-hydroxylation sites is 1. The summed E-state index contributed by atoms with van der Waals surface area (Å²) in [5.74, 6) is 0.218. The van der Waals surface area contributed by atoms with E-state index in [2.05, 4.69) is 67.1 Å². The molecule has 156 valence electrons. The van der Waals surface area contributed by atoms with Gasteiger partial charge in [-0.25, -0.2) is 0 Å². The number of rotatable bonds is 2. The molecule has 0 unspecified atom stereocenters. The monoisotopic (exact) mass is 405 g/mol. The fourth-order valence-corrected chi connectivity index (χ4v) is 6.34.